The highest BCUT2D eigenvalue weighted by Gasteiger charge is 2.11. The van der Waals surface area contributed by atoms with Crippen LogP contribution in [0.4, 0.5) is 10.1 Å². The molecule has 19 heavy (non-hydrogen) atoms. The third-order valence-electron chi connectivity index (χ3n) is 2.67. The van der Waals surface area contributed by atoms with Gasteiger partial charge in [-0.25, -0.2) is 4.39 Å². The van der Waals surface area contributed by atoms with Gasteiger partial charge in [0.05, 0.1) is 18.9 Å². The van der Waals surface area contributed by atoms with Crippen LogP contribution in [0.5, 0.6) is 5.75 Å². The second-order valence-electron chi connectivity index (χ2n) is 3.99. The minimum Gasteiger partial charge on any atom is -0.496 e. The Labute approximate surface area is 110 Å². The summed E-state index contributed by atoms with van der Waals surface area (Å²) in [7, 11) is 1.58. The summed E-state index contributed by atoms with van der Waals surface area (Å²) in [6.45, 7) is 1.86. The van der Waals surface area contributed by atoms with Crippen molar-refractivity contribution in [1.29, 1.82) is 0 Å². The first-order chi connectivity index (χ1) is 9.11. The Balaban J connectivity index is 2.20. The number of benzene rings is 1. The third-order valence-corrected chi connectivity index (χ3v) is 2.67. The number of pyridine rings is 1. The van der Waals surface area contributed by atoms with Gasteiger partial charge in [0.15, 0.2) is 5.82 Å². The van der Waals surface area contributed by atoms with Crippen LogP contribution in [0.3, 0.4) is 0 Å². The molecule has 1 N–H and O–H groups in total. The van der Waals surface area contributed by atoms with E-state index >= 15 is 0 Å². The Kier molecular flexibility index (Phi) is 3.75. The standard InChI is InChI=1S/C14H13FN2O2/c1-9-7-10(3-4-13(9)19-2)17-14(18)11-5-6-16-8-12(11)15/h3-8H,1-2H3,(H,17,18). The summed E-state index contributed by atoms with van der Waals surface area (Å²) in [5.74, 6) is -0.428. The molecule has 0 unspecified atom stereocenters. The van der Waals surface area contributed by atoms with Gasteiger partial charge in [-0.2, -0.15) is 0 Å². The van der Waals surface area contributed by atoms with Gasteiger partial charge in [-0.05, 0) is 36.8 Å². The van der Waals surface area contributed by atoms with Crippen molar-refractivity contribution in [1.82, 2.24) is 4.98 Å². The number of amides is 1. The maximum absolute atomic E-state index is 13.4. The van der Waals surface area contributed by atoms with E-state index in [2.05, 4.69) is 10.3 Å². The fraction of sp³-hybridized carbons (Fsp3) is 0.143. The quantitative estimate of drug-likeness (QED) is 0.923. The molecular weight excluding hydrogens is 247 g/mol. The molecule has 0 aliphatic rings. The van der Waals surface area contributed by atoms with Crippen LogP contribution in [0.2, 0.25) is 0 Å². The summed E-state index contributed by atoms with van der Waals surface area (Å²) in [5.41, 5.74) is 1.43. The lowest BCUT2D eigenvalue weighted by Crippen LogP contribution is -2.14. The van der Waals surface area contributed by atoms with Crippen LogP contribution in [0.25, 0.3) is 0 Å². The van der Waals surface area contributed by atoms with Gasteiger partial charge in [0.2, 0.25) is 0 Å². The zero-order valence-electron chi connectivity index (χ0n) is 10.6. The molecule has 0 radical (unpaired) electrons. The number of carbonyl (C=O) groups excluding carboxylic acids is 1. The highest BCUT2D eigenvalue weighted by atomic mass is 19.1. The zero-order valence-corrected chi connectivity index (χ0v) is 10.6. The summed E-state index contributed by atoms with van der Waals surface area (Å²) in [5, 5.41) is 2.63. The Hall–Kier alpha value is -2.43. The molecule has 4 nitrogen and oxygen atoms in total. The SMILES string of the molecule is COc1ccc(NC(=O)c2ccncc2F)cc1C. The fourth-order valence-corrected chi connectivity index (χ4v) is 1.71. The molecule has 2 aromatic rings. The molecule has 0 atom stereocenters. The van der Waals surface area contributed by atoms with E-state index in [0.717, 1.165) is 17.5 Å². The lowest BCUT2D eigenvalue weighted by atomic mass is 10.2. The van der Waals surface area contributed by atoms with E-state index in [-0.39, 0.29) is 5.56 Å². The second-order valence-corrected chi connectivity index (χ2v) is 3.99. The summed E-state index contributed by atoms with van der Waals surface area (Å²) in [6.07, 6.45) is 2.38. The van der Waals surface area contributed by atoms with Crippen LogP contribution in [0.1, 0.15) is 15.9 Å². The monoisotopic (exact) mass is 260 g/mol. The summed E-state index contributed by atoms with van der Waals surface area (Å²) >= 11 is 0. The number of carbonyl (C=O) groups is 1. The molecule has 0 spiro atoms. The average Bonchev–Trinajstić information content (AvgIpc) is 2.39. The first kappa shape index (κ1) is 13.0. The van der Waals surface area contributed by atoms with Crippen LogP contribution in [-0.4, -0.2) is 18.0 Å². The molecule has 1 aromatic heterocycles. The van der Waals surface area contributed by atoms with E-state index in [1.807, 2.05) is 6.92 Å². The van der Waals surface area contributed by atoms with E-state index in [9.17, 15) is 9.18 Å². The van der Waals surface area contributed by atoms with Crippen LogP contribution >= 0.6 is 0 Å². The van der Waals surface area contributed by atoms with E-state index in [4.69, 9.17) is 4.74 Å². The summed E-state index contributed by atoms with van der Waals surface area (Å²) in [4.78, 5) is 15.5. The number of anilines is 1. The molecule has 0 saturated carbocycles. The van der Waals surface area contributed by atoms with Gasteiger partial charge >= 0.3 is 0 Å². The van der Waals surface area contributed by atoms with Crippen molar-refractivity contribution in [3.8, 4) is 5.75 Å². The van der Waals surface area contributed by atoms with Gasteiger partial charge in [0.1, 0.15) is 5.75 Å². The number of nitrogens with one attached hydrogen (secondary N) is 1. The fourth-order valence-electron chi connectivity index (χ4n) is 1.71. The number of hydrogen-bond donors (Lipinski definition) is 1. The van der Waals surface area contributed by atoms with Crippen LogP contribution < -0.4 is 10.1 Å². The Morgan fingerprint density at radius 2 is 2.16 bits per heavy atom. The maximum atomic E-state index is 13.4. The zero-order chi connectivity index (χ0) is 13.8. The van der Waals surface area contributed by atoms with Gasteiger partial charge in [-0.3, -0.25) is 9.78 Å². The predicted octanol–water partition coefficient (Wildman–Crippen LogP) is 2.79. The molecule has 1 aromatic carbocycles. The van der Waals surface area contributed by atoms with Gasteiger partial charge in [0, 0.05) is 11.9 Å². The van der Waals surface area contributed by atoms with Crippen molar-refractivity contribution >= 4 is 11.6 Å². The van der Waals surface area contributed by atoms with Crippen molar-refractivity contribution in [2.75, 3.05) is 12.4 Å². The van der Waals surface area contributed by atoms with Crippen molar-refractivity contribution in [2.24, 2.45) is 0 Å². The average molecular weight is 260 g/mol. The lowest BCUT2D eigenvalue weighted by molar-refractivity contribution is 0.102. The largest absolute Gasteiger partial charge is 0.496 e. The molecule has 1 heterocycles. The number of halogens is 1. The third kappa shape index (κ3) is 2.88. The van der Waals surface area contributed by atoms with Gasteiger partial charge in [-0.1, -0.05) is 0 Å². The number of methoxy groups -OCH3 is 1. The molecule has 1 amide bonds. The Bertz CT molecular complexity index is 614. The van der Waals surface area contributed by atoms with E-state index in [1.165, 1.54) is 12.3 Å². The van der Waals surface area contributed by atoms with Gasteiger partial charge in [-0.15, -0.1) is 0 Å². The van der Waals surface area contributed by atoms with E-state index < -0.39 is 11.7 Å². The number of aryl methyl sites for hydroxylation is 1. The van der Waals surface area contributed by atoms with Crippen LogP contribution in [0, 0.1) is 12.7 Å². The summed E-state index contributed by atoms with van der Waals surface area (Å²) < 4.78 is 18.5. The number of nitrogens with zero attached hydrogens (tertiary/aromatic N) is 1. The van der Waals surface area contributed by atoms with E-state index in [0.29, 0.717) is 5.69 Å². The molecule has 0 fully saturated rings. The van der Waals surface area contributed by atoms with E-state index in [1.54, 1.807) is 25.3 Å². The Morgan fingerprint density at radius 1 is 1.37 bits per heavy atom. The topological polar surface area (TPSA) is 51.2 Å². The molecule has 0 aliphatic carbocycles. The highest BCUT2D eigenvalue weighted by molar-refractivity contribution is 6.04. The molecular formula is C14H13FN2O2. The molecule has 0 bridgehead atoms. The number of hydrogen-bond acceptors (Lipinski definition) is 3. The van der Waals surface area contributed by atoms with Crippen molar-refractivity contribution < 1.29 is 13.9 Å². The van der Waals surface area contributed by atoms with Gasteiger partial charge in [0.25, 0.3) is 5.91 Å². The van der Waals surface area contributed by atoms with Crippen LogP contribution in [-0.2, 0) is 0 Å². The summed E-state index contributed by atoms with van der Waals surface area (Å²) in [6, 6.07) is 6.54. The Morgan fingerprint density at radius 3 is 2.79 bits per heavy atom. The smallest absolute Gasteiger partial charge is 0.258 e. The number of rotatable bonds is 3. The predicted molar refractivity (Wildman–Crippen MR) is 69.9 cm³/mol. The first-order valence-corrected chi connectivity index (χ1v) is 5.67. The molecule has 0 aliphatic heterocycles. The normalized spacial score (nSPS) is 10.1. The maximum Gasteiger partial charge on any atom is 0.258 e. The minimum absolute atomic E-state index is 0.0385. The molecule has 98 valence electrons. The molecule has 0 saturated heterocycles. The van der Waals surface area contributed by atoms with Crippen molar-refractivity contribution in [3.05, 3.63) is 53.6 Å². The second kappa shape index (κ2) is 5.48. The lowest BCUT2D eigenvalue weighted by Gasteiger charge is -2.09. The molecule has 5 heteroatoms. The minimum atomic E-state index is -0.648. The van der Waals surface area contributed by atoms with Gasteiger partial charge < -0.3 is 10.1 Å². The number of aromatic nitrogens is 1. The molecule has 2 rings (SSSR count). The highest BCUT2D eigenvalue weighted by Crippen LogP contribution is 2.21. The first-order valence-electron chi connectivity index (χ1n) is 5.67. The van der Waals surface area contributed by atoms with Crippen molar-refractivity contribution in [2.45, 2.75) is 6.92 Å². The van der Waals surface area contributed by atoms with Crippen molar-refractivity contribution in [3.63, 3.8) is 0 Å². The number of ether oxygens (including phenoxy) is 1. The van der Waals surface area contributed by atoms with Crippen LogP contribution in [0.15, 0.2) is 36.7 Å².